The molecule has 34 heavy (non-hydrogen) atoms. The minimum absolute atomic E-state index is 0.0276. The normalized spacial score (nSPS) is 13.7. The van der Waals surface area contributed by atoms with Gasteiger partial charge in [-0.3, -0.25) is 14.2 Å². The fraction of sp³-hybridized carbons (Fsp3) is 0.304. The molecule has 0 atom stereocenters. The minimum atomic E-state index is -1.12. The van der Waals surface area contributed by atoms with Gasteiger partial charge in [-0.15, -0.1) is 0 Å². The van der Waals surface area contributed by atoms with E-state index in [0.717, 1.165) is 37.8 Å². The van der Waals surface area contributed by atoms with Crippen LogP contribution in [0.3, 0.4) is 0 Å². The summed E-state index contributed by atoms with van der Waals surface area (Å²) in [6, 6.07) is 7.68. The predicted octanol–water partition coefficient (Wildman–Crippen LogP) is 2.63. The molecule has 1 aliphatic carbocycles. The number of ether oxygens (including phenoxy) is 1. The lowest BCUT2D eigenvalue weighted by molar-refractivity contribution is -0.126. The third kappa shape index (κ3) is 5.13. The van der Waals surface area contributed by atoms with Crippen LogP contribution in [-0.2, 0) is 14.3 Å². The number of hydrogen-bond donors (Lipinski definition) is 3. The maximum atomic E-state index is 13.2. The second-order valence-corrected chi connectivity index (χ2v) is 8.00. The monoisotopic (exact) mass is 472 g/mol. The Morgan fingerprint density at radius 3 is 2.53 bits per heavy atom. The van der Waals surface area contributed by atoms with Crippen molar-refractivity contribution in [1.29, 1.82) is 0 Å². The Morgan fingerprint density at radius 1 is 1.03 bits per heavy atom. The molecule has 1 aliphatic rings. The van der Waals surface area contributed by atoms with Crippen molar-refractivity contribution in [3.05, 3.63) is 64.1 Å². The zero-order valence-corrected chi connectivity index (χ0v) is 18.0. The van der Waals surface area contributed by atoms with Gasteiger partial charge in [-0.1, -0.05) is 12.8 Å². The summed E-state index contributed by atoms with van der Waals surface area (Å²) in [7, 11) is 0. The molecule has 1 heterocycles. The van der Waals surface area contributed by atoms with Crippen LogP contribution in [0, 0.1) is 11.6 Å². The highest BCUT2D eigenvalue weighted by Crippen LogP contribution is 2.30. The molecule has 0 unspecified atom stereocenters. The molecule has 2 aromatic carbocycles. The van der Waals surface area contributed by atoms with E-state index in [-0.39, 0.29) is 23.0 Å². The highest BCUT2D eigenvalue weighted by Gasteiger charge is 2.22. The number of hydrogen-bond acceptors (Lipinski definition) is 5. The number of carbonyl (C=O) groups is 3. The summed E-state index contributed by atoms with van der Waals surface area (Å²) in [5, 5.41) is 4.56. The van der Waals surface area contributed by atoms with E-state index in [1.807, 2.05) is 0 Å². The first-order chi connectivity index (χ1) is 16.3. The van der Waals surface area contributed by atoms with Crippen LogP contribution in [0.4, 0.5) is 14.5 Å². The summed E-state index contributed by atoms with van der Waals surface area (Å²) in [5.41, 5.74) is 1.17. The number of nitrogens with one attached hydrogen (secondary N) is 3. The van der Waals surface area contributed by atoms with Crippen molar-refractivity contribution in [3.63, 3.8) is 0 Å². The molecule has 11 heteroatoms. The molecule has 1 fully saturated rings. The molecule has 4 rings (SSSR count). The predicted molar refractivity (Wildman–Crippen MR) is 118 cm³/mol. The zero-order chi connectivity index (χ0) is 24.2. The molecule has 1 aromatic heterocycles. The van der Waals surface area contributed by atoms with E-state index in [4.69, 9.17) is 4.74 Å². The van der Waals surface area contributed by atoms with E-state index in [9.17, 15) is 28.0 Å². The molecule has 0 bridgehead atoms. The minimum Gasteiger partial charge on any atom is -0.452 e. The highest BCUT2D eigenvalue weighted by atomic mass is 19.2. The average Bonchev–Trinajstić information content (AvgIpc) is 3.44. The van der Waals surface area contributed by atoms with E-state index in [1.165, 1.54) is 18.2 Å². The fourth-order valence-electron chi connectivity index (χ4n) is 4.01. The summed E-state index contributed by atoms with van der Waals surface area (Å²) in [5.74, 6) is -4.34. The number of fused-ring (bicyclic) bond motifs is 1. The molecule has 0 aliphatic heterocycles. The van der Waals surface area contributed by atoms with Gasteiger partial charge >= 0.3 is 11.7 Å². The molecular formula is C23H22F2N4O5. The first kappa shape index (κ1) is 23.1. The number of imidazole rings is 1. The number of amides is 2. The molecule has 0 radical (unpaired) electrons. The van der Waals surface area contributed by atoms with Crippen LogP contribution in [0.5, 0.6) is 0 Å². The van der Waals surface area contributed by atoms with Crippen molar-refractivity contribution >= 4 is 34.5 Å². The Labute approximate surface area is 192 Å². The van der Waals surface area contributed by atoms with Gasteiger partial charge in [-0.25, -0.2) is 18.4 Å². The van der Waals surface area contributed by atoms with Gasteiger partial charge in [-0.2, -0.15) is 0 Å². The summed E-state index contributed by atoms with van der Waals surface area (Å²) in [4.78, 5) is 51.2. The molecule has 0 saturated heterocycles. The third-order valence-electron chi connectivity index (χ3n) is 5.63. The molecule has 0 spiro atoms. The number of anilines is 1. The van der Waals surface area contributed by atoms with Crippen LogP contribution >= 0.6 is 0 Å². The molecule has 3 aromatic rings. The Kier molecular flexibility index (Phi) is 6.71. The summed E-state index contributed by atoms with van der Waals surface area (Å²) < 4.78 is 32.8. The van der Waals surface area contributed by atoms with Crippen LogP contribution in [0.15, 0.2) is 41.2 Å². The number of esters is 1. The summed E-state index contributed by atoms with van der Waals surface area (Å²) in [6.45, 7) is -1.09. The van der Waals surface area contributed by atoms with Crippen molar-refractivity contribution in [2.24, 2.45) is 0 Å². The zero-order valence-electron chi connectivity index (χ0n) is 18.0. The Morgan fingerprint density at radius 2 is 1.79 bits per heavy atom. The third-order valence-corrected chi connectivity index (χ3v) is 5.63. The van der Waals surface area contributed by atoms with Crippen molar-refractivity contribution in [3.8, 4) is 0 Å². The van der Waals surface area contributed by atoms with Crippen LogP contribution in [0.25, 0.3) is 11.0 Å². The Bertz CT molecular complexity index is 1310. The second-order valence-electron chi connectivity index (χ2n) is 8.00. The van der Waals surface area contributed by atoms with Crippen molar-refractivity contribution in [1.82, 2.24) is 14.9 Å². The van der Waals surface area contributed by atoms with Crippen LogP contribution in [0.2, 0.25) is 0 Å². The van der Waals surface area contributed by atoms with Crippen molar-refractivity contribution < 1.29 is 27.9 Å². The second kappa shape index (κ2) is 9.86. The largest absolute Gasteiger partial charge is 0.452 e. The number of benzene rings is 2. The molecule has 3 N–H and O–H groups in total. The highest BCUT2D eigenvalue weighted by molar-refractivity contribution is 5.96. The summed E-state index contributed by atoms with van der Waals surface area (Å²) >= 11 is 0. The van der Waals surface area contributed by atoms with Gasteiger partial charge in [0.05, 0.1) is 23.1 Å². The number of H-pyrrole nitrogens is 1. The molecule has 9 nitrogen and oxygen atoms in total. The molecular weight excluding hydrogens is 450 g/mol. The van der Waals surface area contributed by atoms with Crippen molar-refractivity contribution in [2.75, 3.05) is 18.5 Å². The lowest BCUT2D eigenvalue weighted by atomic mass is 10.2. The lowest BCUT2D eigenvalue weighted by Gasteiger charge is -2.11. The van der Waals surface area contributed by atoms with Gasteiger partial charge in [0.2, 0.25) is 5.91 Å². The van der Waals surface area contributed by atoms with Gasteiger partial charge in [-0.05, 0) is 43.2 Å². The molecule has 178 valence electrons. The average molecular weight is 472 g/mol. The first-order valence-electron chi connectivity index (χ1n) is 10.7. The standard InChI is InChI=1S/C23H22F2N4O5/c24-16-7-6-14(10-17(16)25)27-20(30)11-26-21(31)12-34-22(32)13-5-8-19-18(9-13)28-23(33)29(19)15-3-1-2-4-15/h5-10,15H,1-4,11-12H2,(H,26,31)(H,27,30)(H,28,33). The number of aromatic nitrogens is 2. The number of carbonyl (C=O) groups excluding carboxylic acids is 3. The Hall–Kier alpha value is -4.02. The van der Waals surface area contributed by atoms with Gasteiger partial charge in [0, 0.05) is 17.8 Å². The van der Waals surface area contributed by atoms with Crippen LogP contribution < -0.4 is 16.3 Å². The lowest BCUT2D eigenvalue weighted by Crippen LogP contribution is -2.35. The number of nitrogens with zero attached hydrogens (tertiary/aromatic N) is 1. The Balaban J connectivity index is 1.29. The maximum absolute atomic E-state index is 13.2. The van der Waals surface area contributed by atoms with E-state index in [0.29, 0.717) is 11.0 Å². The fourth-order valence-corrected chi connectivity index (χ4v) is 4.01. The van der Waals surface area contributed by atoms with Crippen LogP contribution in [0.1, 0.15) is 42.1 Å². The molecule has 1 saturated carbocycles. The number of aromatic amines is 1. The molecule has 2 amide bonds. The quantitative estimate of drug-likeness (QED) is 0.457. The van der Waals surface area contributed by atoms with E-state index >= 15 is 0 Å². The van der Waals surface area contributed by atoms with E-state index < -0.39 is 42.6 Å². The van der Waals surface area contributed by atoms with Gasteiger partial charge in [0.15, 0.2) is 18.2 Å². The van der Waals surface area contributed by atoms with Gasteiger partial charge in [0.1, 0.15) is 0 Å². The van der Waals surface area contributed by atoms with Crippen molar-refractivity contribution in [2.45, 2.75) is 31.7 Å². The maximum Gasteiger partial charge on any atom is 0.338 e. The smallest absolute Gasteiger partial charge is 0.338 e. The number of rotatable bonds is 7. The van der Waals surface area contributed by atoms with Gasteiger partial charge in [0.25, 0.3) is 5.91 Å². The topological polar surface area (TPSA) is 122 Å². The first-order valence-corrected chi connectivity index (χ1v) is 10.7. The van der Waals surface area contributed by atoms with Gasteiger partial charge < -0.3 is 20.4 Å². The SMILES string of the molecule is O=C(COC(=O)c1ccc2c(c1)[nH]c(=O)n2C1CCCC1)NCC(=O)Nc1ccc(F)c(F)c1. The van der Waals surface area contributed by atoms with Crippen LogP contribution in [-0.4, -0.2) is 40.5 Å². The number of halogens is 2. The summed E-state index contributed by atoms with van der Waals surface area (Å²) in [6.07, 6.45) is 4.01. The van der Waals surface area contributed by atoms with E-state index in [1.54, 1.807) is 10.6 Å². The van der Waals surface area contributed by atoms with E-state index in [2.05, 4.69) is 15.6 Å².